The van der Waals surface area contributed by atoms with Crippen LogP contribution in [0, 0.1) is 0 Å². The molecular formula is C33H32F3N3O4. The van der Waals surface area contributed by atoms with E-state index < -0.39 is 17.3 Å². The first-order chi connectivity index (χ1) is 20.6. The zero-order chi connectivity index (χ0) is 30.8. The van der Waals surface area contributed by atoms with Crippen LogP contribution in [0.25, 0.3) is 22.0 Å². The highest BCUT2D eigenvalue weighted by molar-refractivity contribution is 5.99. The summed E-state index contributed by atoms with van der Waals surface area (Å²) in [5.74, 6) is 0. The molecule has 1 aromatic heterocycles. The van der Waals surface area contributed by atoms with Crippen LogP contribution in [0.1, 0.15) is 43.9 Å². The molecule has 1 spiro atoms. The largest absolute Gasteiger partial charge is 0.441 e. The number of hydrogen-bond acceptors (Lipinski definition) is 5. The maximum absolute atomic E-state index is 14.0. The number of fused-ring (bicyclic) bond motifs is 1. The third-order valence-electron chi connectivity index (χ3n) is 8.22. The fourth-order valence-corrected chi connectivity index (χ4v) is 6.18. The first-order valence-electron chi connectivity index (χ1n) is 14.1. The summed E-state index contributed by atoms with van der Waals surface area (Å²) < 4.78 is 50.1. The van der Waals surface area contributed by atoms with Crippen molar-refractivity contribution in [2.75, 3.05) is 24.5 Å². The van der Waals surface area contributed by atoms with E-state index in [9.17, 15) is 18.0 Å². The number of halogens is 3. The van der Waals surface area contributed by atoms with E-state index in [0.29, 0.717) is 31.5 Å². The van der Waals surface area contributed by atoms with Crippen LogP contribution in [0.5, 0.6) is 0 Å². The number of carbonyl (C=O) groups excluding carboxylic acids is 3. The Kier molecular flexibility index (Phi) is 8.44. The Labute approximate surface area is 247 Å². The number of nitrogens with zero attached hydrogens (tertiary/aromatic N) is 3. The highest BCUT2D eigenvalue weighted by atomic mass is 19.4. The number of likely N-dealkylation sites (tertiary alicyclic amines) is 1. The van der Waals surface area contributed by atoms with Crippen LogP contribution < -0.4 is 4.90 Å². The van der Waals surface area contributed by atoms with Crippen molar-refractivity contribution in [3.8, 4) is 11.1 Å². The summed E-state index contributed by atoms with van der Waals surface area (Å²) in [7, 11) is 0. The van der Waals surface area contributed by atoms with E-state index in [1.807, 2.05) is 42.5 Å². The zero-order valence-corrected chi connectivity index (χ0v) is 23.9. The number of carbonyl (C=O) groups is 1. The van der Waals surface area contributed by atoms with E-state index in [0.717, 1.165) is 41.3 Å². The molecule has 4 aromatic rings. The molecule has 0 atom stereocenters. The fourth-order valence-electron chi connectivity index (χ4n) is 6.18. The minimum Gasteiger partial charge on any atom is -0.441 e. The number of rotatable bonds is 5. The number of piperidine rings is 1. The van der Waals surface area contributed by atoms with E-state index in [-0.39, 0.29) is 23.9 Å². The topological polar surface area (TPSA) is 71.8 Å². The highest BCUT2D eigenvalue weighted by Crippen LogP contribution is 2.42. The monoisotopic (exact) mass is 591 g/mol. The Hall–Kier alpha value is -4.40. The molecule has 43 heavy (non-hydrogen) atoms. The Morgan fingerprint density at radius 3 is 2.19 bits per heavy atom. The Morgan fingerprint density at radius 1 is 0.907 bits per heavy atom. The number of aromatic nitrogens is 1. The van der Waals surface area contributed by atoms with Gasteiger partial charge < -0.3 is 9.30 Å². The van der Waals surface area contributed by atoms with Gasteiger partial charge in [0, 0.05) is 61.3 Å². The lowest BCUT2D eigenvalue weighted by Gasteiger charge is -2.37. The van der Waals surface area contributed by atoms with Gasteiger partial charge in [0.25, 0.3) is 0 Å². The normalized spacial score (nSPS) is 16.7. The summed E-state index contributed by atoms with van der Waals surface area (Å²) in [5, 5.41) is 0.857. The van der Waals surface area contributed by atoms with Gasteiger partial charge in [0.15, 0.2) is 0 Å². The van der Waals surface area contributed by atoms with Gasteiger partial charge in [0.05, 0.1) is 12.1 Å². The molecule has 0 N–H and O–H groups in total. The smallest absolute Gasteiger partial charge is 0.417 e. The van der Waals surface area contributed by atoms with Gasteiger partial charge in [0.1, 0.15) is 5.60 Å². The molecule has 3 heterocycles. The predicted octanol–water partition coefficient (Wildman–Crippen LogP) is 7.32. The van der Waals surface area contributed by atoms with Crippen molar-refractivity contribution in [3.05, 3.63) is 90.1 Å². The molecule has 2 aliphatic heterocycles. The fraction of sp³-hybridized carbons (Fsp3) is 0.333. The molecule has 2 aliphatic rings. The molecule has 10 heteroatoms. The molecule has 0 saturated carbocycles. The second-order valence-electron chi connectivity index (χ2n) is 11.2. The van der Waals surface area contributed by atoms with Gasteiger partial charge in [-0.25, -0.2) is 4.79 Å². The van der Waals surface area contributed by atoms with Crippen LogP contribution in [-0.4, -0.2) is 46.9 Å². The summed E-state index contributed by atoms with van der Waals surface area (Å²) in [4.78, 5) is 33.0. The number of ether oxygens (including phenoxy) is 1. The number of anilines is 1. The van der Waals surface area contributed by atoms with Crippen LogP contribution in [0.15, 0.2) is 79.0 Å². The lowest BCUT2D eigenvalue weighted by molar-refractivity contribution is -0.191. The van der Waals surface area contributed by atoms with Gasteiger partial charge in [-0.3, -0.25) is 9.80 Å². The minimum absolute atomic E-state index is 0.149. The van der Waals surface area contributed by atoms with Crippen LogP contribution in [-0.2, 0) is 27.0 Å². The second kappa shape index (κ2) is 12.1. The standard InChI is InChI=1S/C32H32F3N3O2.CO2/c1-22(2)37-20-23(29-26(12-8-14-28(29)37)25-11-6-7-13-27(25)32(33,34)35)19-36-17-15-31(16-18-36)21-38(30(39)40-31)24-9-4-3-5-10-24;2-1-3/h3-14,20,22H,15-19,21H2,1-2H3;. The molecule has 3 aromatic carbocycles. The van der Waals surface area contributed by atoms with Crippen molar-refractivity contribution in [1.82, 2.24) is 9.47 Å². The van der Waals surface area contributed by atoms with Gasteiger partial charge in [-0.05, 0) is 54.8 Å². The average Bonchev–Trinajstić information content (AvgIpc) is 3.52. The number of alkyl halides is 3. The van der Waals surface area contributed by atoms with Gasteiger partial charge in [-0.2, -0.15) is 22.8 Å². The first kappa shape index (κ1) is 30.1. The van der Waals surface area contributed by atoms with Crippen LogP contribution in [0.2, 0.25) is 0 Å². The Balaban J connectivity index is 0.00000118. The highest BCUT2D eigenvalue weighted by Gasteiger charge is 2.47. The molecule has 1 amide bonds. The number of benzene rings is 3. The van der Waals surface area contributed by atoms with E-state index in [1.54, 1.807) is 23.1 Å². The molecule has 0 aliphatic carbocycles. The average molecular weight is 592 g/mol. The van der Waals surface area contributed by atoms with E-state index in [2.05, 4.69) is 29.5 Å². The van der Waals surface area contributed by atoms with Crippen molar-refractivity contribution in [2.24, 2.45) is 0 Å². The summed E-state index contributed by atoms with van der Waals surface area (Å²) in [6.45, 7) is 6.74. The summed E-state index contributed by atoms with van der Waals surface area (Å²) in [6, 6.07) is 21.1. The number of amides is 1. The molecule has 2 saturated heterocycles. The van der Waals surface area contributed by atoms with Crippen LogP contribution >= 0.6 is 0 Å². The van der Waals surface area contributed by atoms with Crippen molar-refractivity contribution in [2.45, 2.75) is 51.1 Å². The van der Waals surface area contributed by atoms with E-state index >= 15 is 0 Å². The summed E-state index contributed by atoms with van der Waals surface area (Å²) in [6.07, 6.45) is -1.02. The molecule has 7 nitrogen and oxygen atoms in total. The molecule has 224 valence electrons. The SMILES string of the molecule is CC(C)n1cc(CN2CCC3(CC2)CN(c2ccccc2)C(=O)O3)c2c(-c3ccccc3C(F)(F)F)cccc21.O=C=O. The van der Waals surface area contributed by atoms with Gasteiger partial charge >= 0.3 is 18.4 Å². The first-order valence-corrected chi connectivity index (χ1v) is 14.1. The van der Waals surface area contributed by atoms with Crippen molar-refractivity contribution in [3.63, 3.8) is 0 Å². The van der Waals surface area contributed by atoms with E-state index in [1.165, 1.54) is 6.07 Å². The lowest BCUT2D eigenvalue weighted by Crippen LogP contribution is -2.46. The Bertz CT molecular complexity index is 1630. The third kappa shape index (κ3) is 6.07. The summed E-state index contributed by atoms with van der Waals surface area (Å²) in [5.41, 5.74) is 2.40. The molecule has 6 rings (SSSR count). The zero-order valence-electron chi connectivity index (χ0n) is 23.9. The number of para-hydroxylation sites is 1. The second-order valence-corrected chi connectivity index (χ2v) is 11.2. The molecule has 0 radical (unpaired) electrons. The van der Waals surface area contributed by atoms with Crippen LogP contribution in [0.3, 0.4) is 0 Å². The van der Waals surface area contributed by atoms with Gasteiger partial charge in [0.2, 0.25) is 0 Å². The quantitative estimate of drug-likeness (QED) is 0.243. The maximum Gasteiger partial charge on any atom is 0.417 e. The predicted molar refractivity (Wildman–Crippen MR) is 155 cm³/mol. The van der Waals surface area contributed by atoms with Crippen molar-refractivity contribution >= 4 is 28.8 Å². The lowest BCUT2D eigenvalue weighted by atomic mass is 9.90. The van der Waals surface area contributed by atoms with Crippen molar-refractivity contribution in [1.29, 1.82) is 0 Å². The third-order valence-corrected chi connectivity index (χ3v) is 8.22. The van der Waals surface area contributed by atoms with Crippen molar-refractivity contribution < 1.29 is 32.3 Å². The summed E-state index contributed by atoms with van der Waals surface area (Å²) >= 11 is 0. The molecule has 2 fully saturated rings. The molecule has 0 unspecified atom stereocenters. The molecule has 0 bridgehead atoms. The van der Waals surface area contributed by atoms with Crippen LogP contribution in [0.4, 0.5) is 23.7 Å². The maximum atomic E-state index is 14.0. The van der Waals surface area contributed by atoms with Gasteiger partial charge in [-0.15, -0.1) is 0 Å². The molecular weight excluding hydrogens is 559 g/mol. The number of hydrogen-bond donors (Lipinski definition) is 0. The Morgan fingerprint density at radius 2 is 1.53 bits per heavy atom. The minimum atomic E-state index is -4.45. The van der Waals surface area contributed by atoms with Gasteiger partial charge in [-0.1, -0.05) is 48.5 Å². The van der Waals surface area contributed by atoms with E-state index in [4.69, 9.17) is 14.3 Å².